The van der Waals surface area contributed by atoms with Gasteiger partial charge in [0.25, 0.3) is 0 Å². The number of aryl methyl sites for hydroxylation is 1. The normalized spacial score (nSPS) is 9.86. The van der Waals surface area contributed by atoms with Crippen LogP contribution in [0.1, 0.15) is 5.56 Å². The second-order valence-electron chi connectivity index (χ2n) is 3.02. The number of anilines is 1. The zero-order valence-corrected chi connectivity index (χ0v) is 8.79. The molecule has 0 saturated heterocycles. The van der Waals surface area contributed by atoms with Crippen LogP contribution in [0.15, 0.2) is 24.3 Å². The van der Waals surface area contributed by atoms with Gasteiger partial charge in [0, 0.05) is 18.1 Å². The van der Waals surface area contributed by atoms with Crippen LogP contribution in [0.25, 0.3) is 0 Å². The van der Waals surface area contributed by atoms with Crippen molar-refractivity contribution in [1.29, 1.82) is 0 Å². The molecule has 0 spiro atoms. The van der Waals surface area contributed by atoms with E-state index < -0.39 is 6.03 Å². The number of amides is 2. The third-order valence-electron chi connectivity index (χ3n) is 1.89. The minimum atomic E-state index is -0.476. The molecule has 0 radical (unpaired) electrons. The van der Waals surface area contributed by atoms with Crippen LogP contribution in [-0.2, 0) is 0 Å². The highest BCUT2D eigenvalue weighted by Gasteiger charge is 2.10. The Morgan fingerprint density at radius 2 is 2.29 bits per heavy atom. The molecule has 0 aliphatic carbocycles. The Kier molecular flexibility index (Phi) is 3.77. The van der Waals surface area contributed by atoms with E-state index in [0.29, 0.717) is 12.4 Å². The van der Waals surface area contributed by atoms with E-state index in [9.17, 15) is 4.79 Å². The lowest BCUT2D eigenvalue weighted by Crippen LogP contribution is -2.37. The van der Waals surface area contributed by atoms with Gasteiger partial charge in [-0.2, -0.15) is 0 Å². The van der Waals surface area contributed by atoms with Gasteiger partial charge < -0.3 is 5.73 Å². The van der Waals surface area contributed by atoms with E-state index >= 15 is 0 Å². The maximum Gasteiger partial charge on any atom is 0.319 e. The molecule has 14 heavy (non-hydrogen) atoms. The summed E-state index contributed by atoms with van der Waals surface area (Å²) in [7, 11) is 0. The highest BCUT2D eigenvalue weighted by molar-refractivity contribution is 6.18. The van der Waals surface area contributed by atoms with Gasteiger partial charge in [-0.1, -0.05) is 12.1 Å². The smallest absolute Gasteiger partial charge is 0.319 e. The number of halogens is 1. The molecule has 0 aromatic heterocycles. The molecular weight excluding hydrogens is 200 g/mol. The van der Waals surface area contributed by atoms with Crippen molar-refractivity contribution in [2.24, 2.45) is 5.73 Å². The van der Waals surface area contributed by atoms with Gasteiger partial charge in [-0.25, -0.2) is 4.79 Å². The van der Waals surface area contributed by atoms with Crippen molar-refractivity contribution in [2.75, 3.05) is 17.3 Å². The molecule has 0 heterocycles. The number of benzene rings is 1. The third kappa shape index (κ3) is 2.64. The quantitative estimate of drug-likeness (QED) is 0.767. The minimum absolute atomic E-state index is 0.372. The van der Waals surface area contributed by atoms with Crippen molar-refractivity contribution < 1.29 is 4.79 Å². The number of primary amides is 1. The largest absolute Gasteiger partial charge is 0.351 e. The Labute approximate surface area is 88.5 Å². The average molecular weight is 213 g/mol. The van der Waals surface area contributed by atoms with Crippen LogP contribution in [0.2, 0.25) is 0 Å². The van der Waals surface area contributed by atoms with Crippen molar-refractivity contribution in [2.45, 2.75) is 6.92 Å². The monoisotopic (exact) mass is 212 g/mol. The lowest BCUT2D eigenvalue weighted by atomic mass is 10.2. The van der Waals surface area contributed by atoms with E-state index in [2.05, 4.69) is 0 Å². The Hall–Kier alpha value is -1.22. The van der Waals surface area contributed by atoms with Crippen LogP contribution in [0.4, 0.5) is 10.5 Å². The average Bonchev–Trinajstić information content (AvgIpc) is 2.13. The molecule has 76 valence electrons. The van der Waals surface area contributed by atoms with E-state index in [4.69, 9.17) is 17.3 Å². The van der Waals surface area contributed by atoms with Crippen molar-refractivity contribution in [1.82, 2.24) is 0 Å². The van der Waals surface area contributed by atoms with Gasteiger partial charge >= 0.3 is 6.03 Å². The Balaban J connectivity index is 2.93. The molecular formula is C10H13ClN2O. The van der Waals surface area contributed by atoms with Gasteiger partial charge in [-0.3, -0.25) is 4.90 Å². The summed E-state index contributed by atoms with van der Waals surface area (Å²) in [6.45, 7) is 2.39. The summed E-state index contributed by atoms with van der Waals surface area (Å²) < 4.78 is 0. The molecule has 4 heteroatoms. The van der Waals surface area contributed by atoms with Crippen molar-refractivity contribution in [3.8, 4) is 0 Å². The van der Waals surface area contributed by atoms with E-state index in [1.165, 1.54) is 4.90 Å². The van der Waals surface area contributed by atoms with Crippen LogP contribution < -0.4 is 10.6 Å². The van der Waals surface area contributed by atoms with Crippen molar-refractivity contribution in [3.63, 3.8) is 0 Å². The highest BCUT2D eigenvalue weighted by atomic mass is 35.5. The van der Waals surface area contributed by atoms with Crippen LogP contribution in [-0.4, -0.2) is 18.5 Å². The second kappa shape index (κ2) is 4.86. The summed E-state index contributed by atoms with van der Waals surface area (Å²) in [5, 5.41) is 0. The van der Waals surface area contributed by atoms with Gasteiger partial charge in [-0.15, -0.1) is 11.6 Å². The first-order valence-corrected chi connectivity index (χ1v) is 4.88. The predicted molar refractivity (Wildman–Crippen MR) is 58.8 cm³/mol. The number of urea groups is 1. The molecule has 0 aliphatic rings. The number of alkyl halides is 1. The van der Waals surface area contributed by atoms with Crippen molar-refractivity contribution in [3.05, 3.63) is 29.8 Å². The Bertz CT molecular complexity index is 328. The fourth-order valence-corrected chi connectivity index (χ4v) is 1.42. The first-order chi connectivity index (χ1) is 6.65. The van der Waals surface area contributed by atoms with Crippen molar-refractivity contribution >= 4 is 23.3 Å². The third-order valence-corrected chi connectivity index (χ3v) is 2.06. The molecule has 1 aromatic rings. The molecule has 1 rings (SSSR count). The maximum atomic E-state index is 11.1. The molecule has 1 aromatic carbocycles. The molecule has 0 saturated carbocycles. The predicted octanol–water partition coefficient (Wildman–Crippen LogP) is 2.12. The van der Waals surface area contributed by atoms with E-state index in [0.717, 1.165) is 11.3 Å². The van der Waals surface area contributed by atoms with Crippen LogP contribution in [0.3, 0.4) is 0 Å². The van der Waals surface area contributed by atoms with Crippen LogP contribution in [0, 0.1) is 6.92 Å². The molecule has 0 fully saturated rings. The molecule has 3 nitrogen and oxygen atoms in total. The highest BCUT2D eigenvalue weighted by Crippen LogP contribution is 2.15. The summed E-state index contributed by atoms with van der Waals surface area (Å²) in [5.41, 5.74) is 7.11. The fraction of sp³-hybridized carbons (Fsp3) is 0.300. The molecule has 2 N–H and O–H groups in total. The lowest BCUT2D eigenvalue weighted by Gasteiger charge is -2.19. The summed E-state index contributed by atoms with van der Waals surface area (Å²) >= 11 is 5.58. The lowest BCUT2D eigenvalue weighted by molar-refractivity contribution is 0.254. The zero-order chi connectivity index (χ0) is 10.6. The fourth-order valence-electron chi connectivity index (χ4n) is 1.25. The SMILES string of the molecule is Cc1cccc(N(CCCl)C(N)=O)c1. The topological polar surface area (TPSA) is 46.3 Å². The van der Waals surface area contributed by atoms with Gasteiger partial charge in [0.1, 0.15) is 0 Å². The zero-order valence-electron chi connectivity index (χ0n) is 8.03. The van der Waals surface area contributed by atoms with Crippen LogP contribution in [0.5, 0.6) is 0 Å². The summed E-state index contributed by atoms with van der Waals surface area (Å²) in [5.74, 6) is 0.372. The van der Waals surface area contributed by atoms with Gasteiger partial charge in [-0.05, 0) is 24.6 Å². The number of carbonyl (C=O) groups excluding carboxylic acids is 1. The van der Waals surface area contributed by atoms with E-state index in [-0.39, 0.29) is 0 Å². The minimum Gasteiger partial charge on any atom is -0.351 e. The number of hydrogen-bond donors (Lipinski definition) is 1. The molecule has 0 bridgehead atoms. The number of nitrogens with two attached hydrogens (primary N) is 1. The standard InChI is InChI=1S/C10H13ClN2O/c1-8-3-2-4-9(7-8)13(6-5-11)10(12)14/h2-4,7H,5-6H2,1H3,(H2,12,14). The second-order valence-corrected chi connectivity index (χ2v) is 3.40. The molecule has 0 atom stereocenters. The first-order valence-electron chi connectivity index (χ1n) is 4.34. The van der Waals surface area contributed by atoms with E-state index in [1.54, 1.807) is 0 Å². The summed E-state index contributed by atoms with van der Waals surface area (Å²) in [6.07, 6.45) is 0. The molecule has 2 amide bonds. The van der Waals surface area contributed by atoms with Gasteiger partial charge in [0.05, 0.1) is 0 Å². The maximum absolute atomic E-state index is 11.1. The number of rotatable bonds is 3. The Morgan fingerprint density at radius 1 is 1.57 bits per heavy atom. The Morgan fingerprint density at radius 3 is 2.79 bits per heavy atom. The summed E-state index contributed by atoms with van der Waals surface area (Å²) in [4.78, 5) is 12.5. The molecule has 0 aliphatic heterocycles. The summed E-state index contributed by atoms with van der Waals surface area (Å²) in [6, 6.07) is 7.11. The van der Waals surface area contributed by atoms with E-state index in [1.807, 2.05) is 31.2 Å². The number of nitrogens with zero attached hydrogens (tertiary/aromatic N) is 1. The first kappa shape index (κ1) is 10.9. The number of carbonyl (C=O) groups is 1. The van der Waals surface area contributed by atoms with Gasteiger partial charge in [0.15, 0.2) is 0 Å². The number of hydrogen-bond acceptors (Lipinski definition) is 1. The molecule has 0 unspecified atom stereocenters. The van der Waals surface area contributed by atoms with Crippen LogP contribution >= 0.6 is 11.6 Å². The van der Waals surface area contributed by atoms with Gasteiger partial charge in [0.2, 0.25) is 0 Å².